The number of hydrogen-bond acceptors (Lipinski definition) is 4. The topological polar surface area (TPSA) is 70.5 Å². The summed E-state index contributed by atoms with van der Waals surface area (Å²) in [6.07, 6.45) is 3.62. The molecule has 1 amide bonds. The Hall–Kier alpha value is -1.43. The molecule has 2 unspecified atom stereocenters. The van der Waals surface area contributed by atoms with Gasteiger partial charge in [0, 0.05) is 17.8 Å². The smallest absolute Gasteiger partial charge is 0.309 e. The minimum absolute atomic E-state index is 0.0897. The summed E-state index contributed by atoms with van der Waals surface area (Å²) in [5, 5.41) is 12.4. The van der Waals surface area contributed by atoms with Gasteiger partial charge in [-0.05, 0) is 32.6 Å². The third-order valence-electron chi connectivity index (χ3n) is 4.07. The second-order valence-corrected chi connectivity index (χ2v) is 6.67. The van der Waals surface area contributed by atoms with E-state index in [-0.39, 0.29) is 18.0 Å². The monoisotopic (exact) mass is 294 g/mol. The molecule has 5 nitrogen and oxygen atoms in total. The lowest BCUT2D eigenvalue weighted by Gasteiger charge is -2.32. The molecule has 1 aliphatic carbocycles. The Labute approximate surface area is 121 Å². The normalized spacial score (nSPS) is 27.4. The summed E-state index contributed by atoms with van der Waals surface area (Å²) in [7, 11) is 0. The molecule has 2 atom stereocenters. The van der Waals surface area contributed by atoms with Crippen LogP contribution >= 0.6 is 11.3 Å². The van der Waals surface area contributed by atoms with Crippen LogP contribution in [0, 0.1) is 12.8 Å². The van der Waals surface area contributed by atoms with Gasteiger partial charge in [0.05, 0.1) is 22.7 Å². The molecule has 1 aromatic heterocycles. The molecular weight excluding hydrogens is 276 g/mol. The van der Waals surface area contributed by atoms with E-state index in [1.165, 1.54) is 11.3 Å². The fourth-order valence-electron chi connectivity index (χ4n) is 3.02. The standard InChI is InChI=1S/C14H18N2O3S/c1-8-15-11(7-20-8)13-10(14(18)19)3-2-4-12(17)16(13)9-5-6-9/h7,9-10,13H,2-6H2,1H3,(H,18,19). The maximum atomic E-state index is 12.4. The van der Waals surface area contributed by atoms with E-state index < -0.39 is 11.9 Å². The number of likely N-dealkylation sites (tertiary alicyclic amines) is 1. The van der Waals surface area contributed by atoms with Gasteiger partial charge < -0.3 is 10.0 Å². The van der Waals surface area contributed by atoms with Crippen LogP contribution in [0.4, 0.5) is 0 Å². The van der Waals surface area contributed by atoms with Crippen molar-refractivity contribution in [2.24, 2.45) is 5.92 Å². The van der Waals surface area contributed by atoms with Crippen molar-refractivity contribution in [2.75, 3.05) is 0 Å². The van der Waals surface area contributed by atoms with Gasteiger partial charge in [0.1, 0.15) is 0 Å². The van der Waals surface area contributed by atoms with Gasteiger partial charge in [0.15, 0.2) is 0 Å². The number of carbonyl (C=O) groups excluding carboxylic acids is 1. The summed E-state index contributed by atoms with van der Waals surface area (Å²) in [6.45, 7) is 1.91. The Morgan fingerprint density at radius 3 is 2.75 bits per heavy atom. The summed E-state index contributed by atoms with van der Waals surface area (Å²) in [6, 6.07) is -0.172. The first kappa shape index (κ1) is 13.5. The first-order chi connectivity index (χ1) is 9.58. The summed E-state index contributed by atoms with van der Waals surface area (Å²) in [5.41, 5.74) is 0.752. The number of nitrogens with zero attached hydrogens (tertiary/aromatic N) is 2. The number of carboxylic acids is 1. The third-order valence-corrected chi connectivity index (χ3v) is 4.86. The zero-order valence-electron chi connectivity index (χ0n) is 11.4. The van der Waals surface area contributed by atoms with Crippen LogP contribution in [0.1, 0.15) is 48.8 Å². The van der Waals surface area contributed by atoms with Crippen LogP contribution in [0.25, 0.3) is 0 Å². The van der Waals surface area contributed by atoms with E-state index in [1.54, 1.807) is 0 Å². The number of carbonyl (C=O) groups is 2. The Morgan fingerprint density at radius 1 is 1.45 bits per heavy atom. The maximum absolute atomic E-state index is 12.4. The number of amides is 1. The molecule has 6 heteroatoms. The molecule has 1 saturated carbocycles. The molecule has 0 spiro atoms. The minimum Gasteiger partial charge on any atom is -0.481 e. The Balaban J connectivity index is 2.02. The fourth-order valence-corrected chi connectivity index (χ4v) is 3.66. The van der Waals surface area contributed by atoms with Gasteiger partial charge in [0.25, 0.3) is 0 Å². The van der Waals surface area contributed by atoms with E-state index in [4.69, 9.17) is 0 Å². The van der Waals surface area contributed by atoms with Gasteiger partial charge in [-0.15, -0.1) is 11.3 Å². The van der Waals surface area contributed by atoms with E-state index in [2.05, 4.69) is 4.98 Å². The summed E-state index contributed by atoms with van der Waals surface area (Å²) < 4.78 is 0. The van der Waals surface area contributed by atoms with Crippen LogP contribution < -0.4 is 0 Å². The zero-order chi connectivity index (χ0) is 14.3. The van der Waals surface area contributed by atoms with Gasteiger partial charge in [-0.25, -0.2) is 4.98 Å². The van der Waals surface area contributed by atoms with Crippen LogP contribution in [-0.2, 0) is 9.59 Å². The minimum atomic E-state index is -0.819. The van der Waals surface area contributed by atoms with E-state index in [9.17, 15) is 14.7 Å². The van der Waals surface area contributed by atoms with Gasteiger partial charge in [0.2, 0.25) is 5.91 Å². The molecule has 1 saturated heterocycles. The van der Waals surface area contributed by atoms with Crippen LogP contribution in [0.2, 0.25) is 0 Å². The molecule has 3 rings (SSSR count). The SMILES string of the molecule is Cc1nc(C2C(C(=O)O)CCCC(=O)N2C2CC2)cs1. The summed E-state index contributed by atoms with van der Waals surface area (Å²) in [5.74, 6) is -1.27. The number of rotatable bonds is 3. The van der Waals surface area contributed by atoms with Gasteiger partial charge in [-0.2, -0.15) is 0 Å². The van der Waals surface area contributed by atoms with E-state index in [0.29, 0.717) is 19.3 Å². The third kappa shape index (κ3) is 2.44. The van der Waals surface area contributed by atoms with Crippen molar-refractivity contribution in [1.29, 1.82) is 0 Å². The zero-order valence-corrected chi connectivity index (χ0v) is 12.2. The van der Waals surface area contributed by atoms with Crippen molar-refractivity contribution in [3.8, 4) is 0 Å². The number of aryl methyl sites for hydroxylation is 1. The maximum Gasteiger partial charge on any atom is 0.309 e. The van der Waals surface area contributed by atoms with Crippen LogP contribution in [0.3, 0.4) is 0 Å². The van der Waals surface area contributed by atoms with E-state index >= 15 is 0 Å². The van der Waals surface area contributed by atoms with Crippen LogP contribution in [0.15, 0.2) is 5.38 Å². The van der Waals surface area contributed by atoms with Gasteiger partial charge in [-0.1, -0.05) is 0 Å². The predicted octanol–water partition coefficient (Wildman–Crippen LogP) is 2.37. The Bertz CT molecular complexity index is 538. The largest absolute Gasteiger partial charge is 0.481 e. The van der Waals surface area contributed by atoms with Crippen molar-refractivity contribution < 1.29 is 14.7 Å². The first-order valence-electron chi connectivity index (χ1n) is 7.04. The number of aliphatic carboxylic acids is 1. The van der Waals surface area contributed by atoms with E-state index in [1.807, 2.05) is 17.2 Å². The summed E-state index contributed by atoms with van der Waals surface area (Å²) >= 11 is 1.51. The van der Waals surface area contributed by atoms with Crippen molar-refractivity contribution in [2.45, 2.75) is 51.1 Å². The highest BCUT2D eigenvalue weighted by molar-refractivity contribution is 7.09. The molecule has 2 fully saturated rings. The van der Waals surface area contributed by atoms with Crippen molar-refractivity contribution in [3.05, 3.63) is 16.1 Å². The van der Waals surface area contributed by atoms with E-state index in [0.717, 1.165) is 23.5 Å². The highest BCUT2D eigenvalue weighted by atomic mass is 32.1. The molecule has 0 radical (unpaired) electrons. The van der Waals surface area contributed by atoms with Crippen LogP contribution in [0.5, 0.6) is 0 Å². The Morgan fingerprint density at radius 2 is 2.20 bits per heavy atom. The molecule has 20 heavy (non-hydrogen) atoms. The predicted molar refractivity (Wildman–Crippen MR) is 74.4 cm³/mol. The molecule has 2 heterocycles. The average molecular weight is 294 g/mol. The quantitative estimate of drug-likeness (QED) is 0.929. The van der Waals surface area contributed by atoms with Crippen molar-refractivity contribution >= 4 is 23.2 Å². The number of hydrogen-bond donors (Lipinski definition) is 1. The van der Waals surface area contributed by atoms with Gasteiger partial charge >= 0.3 is 5.97 Å². The molecule has 2 aliphatic rings. The molecular formula is C14H18N2O3S. The summed E-state index contributed by atoms with van der Waals surface area (Å²) in [4.78, 5) is 30.3. The van der Waals surface area contributed by atoms with Crippen molar-refractivity contribution in [3.63, 3.8) is 0 Å². The average Bonchev–Trinajstić information content (AvgIpc) is 3.15. The highest BCUT2D eigenvalue weighted by Crippen LogP contribution is 2.42. The van der Waals surface area contributed by atoms with Crippen molar-refractivity contribution in [1.82, 2.24) is 9.88 Å². The Kier molecular flexibility index (Phi) is 3.50. The molecule has 0 aromatic carbocycles. The highest BCUT2D eigenvalue weighted by Gasteiger charge is 2.45. The molecule has 1 aliphatic heterocycles. The molecule has 1 aromatic rings. The second-order valence-electron chi connectivity index (χ2n) is 5.61. The first-order valence-corrected chi connectivity index (χ1v) is 7.92. The molecule has 0 bridgehead atoms. The second kappa shape index (κ2) is 5.16. The van der Waals surface area contributed by atoms with Gasteiger partial charge in [-0.3, -0.25) is 9.59 Å². The lowest BCUT2D eigenvalue weighted by atomic mass is 9.92. The fraction of sp³-hybridized carbons (Fsp3) is 0.643. The number of aromatic nitrogens is 1. The number of thiazole rings is 1. The van der Waals surface area contributed by atoms with Crippen LogP contribution in [-0.4, -0.2) is 32.9 Å². The number of carboxylic acid groups (broad SMARTS) is 1. The lowest BCUT2D eigenvalue weighted by Crippen LogP contribution is -2.40. The molecule has 1 N–H and O–H groups in total. The lowest BCUT2D eigenvalue weighted by molar-refractivity contribution is -0.146. The molecule has 108 valence electrons.